The second kappa shape index (κ2) is 7.55. The van der Waals surface area contributed by atoms with Crippen molar-refractivity contribution in [3.63, 3.8) is 0 Å². The van der Waals surface area contributed by atoms with E-state index < -0.39 is 0 Å². The molecule has 1 fully saturated rings. The average Bonchev–Trinajstić information content (AvgIpc) is 3.37. The van der Waals surface area contributed by atoms with Gasteiger partial charge in [-0.15, -0.1) is 0 Å². The van der Waals surface area contributed by atoms with Gasteiger partial charge in [0, 0.05) is 18.2 Å². The molecule has 1 aliphatic heterocycles. The van der Waals surface area contributed by atoms with Crippen molar-refractivity contribution in [3.8, 4) is 17.4 Å². The molecule has 1 amide bonds. The molecular weight excluding hydrogens is 356 g/mol. The monoisotopic (exact) mass is 380 g/mol. The molecule has 0 aromatic carbocycles. The fraction of sp³-hybridized carbons (Fsp3) is 0.400. The maximum absolute atomic E-state index is 12.5. The van der Waals surface area contributed by atoms with Crippen LogP contribution in [0, 0.1) is 26.7 Å². The Morgan fingerprint density at radius 1 is 1.29 bits per heavy atom. The van der Waals surface area contributed by atoms with E-state index in [1.807, 2.05) is 39.0 Å². The number of hydrogen-bond acceptors (Lipinski definition) is 6. The van der Waals surface area contributed by atoms with Crippen LogP contribution in [0.2, 0.25) is 0 Å². The number of aryl methyl sites for hydroxylation is 3. The first kappa shape index (κ1) is 18.4. The highest BCUT2D eigenvalue weighted by molar-refractivity contribution is 5.90. The normalized spacial score (nSPS) is 16.5. The third kappa shape index (κ3) is 3.96. The highest BCUT2D eigenvalue weighted by Gasteiger charge is 2.19. The molecule has 1 aliphatic rings. The Morgan fingerprint density at radius 2 is 2.14 bits per heavy atom. The van der Waals surface area contributed by atoms with Gasteiger partial charge < -0.3 is 15.1 Å². The zero-order valence-corrected chi connectivity index (χ0v) is 16.3. The summed E-state index contributed by atoms with van der Waals surface area (Å²) in [4.78, 5) is 21.6. The van der Waals surface area contributed by atoms with Crippen LogP contribution in [0.15, 0.2) is 28.7 Å². The summed E-state index contributed by atoms with van der Waals surface area (Å²) in [5, 5.41) is 10.7. The Bertz CT molecular complexity index is 1000. The third-order valence-corrected chi connectivity index (χ3v) is 4.80. The Hall–Kier alpha value is -3.00. The fourth-order valence-corrected chi connectivity index (χ4v) is 3.48. The predicted molar refractivity (Wildman–Crippen MR) is 105 cm³/mol. The summed E-state index contributed by atoms with van der Waals surface area (Å²) >= 11 is 0. The smallest absolute Gasteiger partial charge is 0.225 e. The highest BCUT2D eigenvalue weighted by atomic mass is 16.3. The average molecular weight is 380 g/mol. The third-order valence-electron chi connectivity index (χ3n) is 4.80. The molecule has 8 nitrogen and oxygen atoms in total. The Morgan fingerprint density at radius 3 is 2.79 bits per heavy atom. The molecule has 0 bridgehead atoms. The van der Waals surface area contributed by atoms with Gasteiger partial charge in [-0.1, -0.05) is 0 Å². The van der Waals surface area contributed by atoms with E-state index in [4.69, 9.17) is 4.42 Å². The number of hydrogen-bond donors (Lipinski definition) is 2. The fourth-order valence-electron chi connectivity index (χ4n) is 3.48. The number of nitrogens with one attached hydrogen (secondary N) is 2. The highest BCUT2D eigenvalue weighted by Crippen LogP contribution is 2.23. The molecule has 146 valence electrons. The molecule has 0 aliphatic carbocycles. The van der Waals surface area contributed by atoms with Crippen LogP contribution in [0.4, 0.5) is 5.82 Å². The molecule has 0 saturated carbocycles. The minimum atomic E-state index is -0.0479. The summed E-state index contributed by atoms with van der Waals surface area (Å²) in [6.07, 6.45) is 1.49. The lowest BCUT2D eigenvalue weighted by Crippen LogP contribution is -2.19. The van der Waals surface area contributed by atoms with Gasteiger partial charge in [0.2, 0.25) is 5.91 Å². The molecular formula is C20H24N6O2. The number of anilines is 1. The van der Waals surface area contributed by atoms with Crippen LogP contribution in [0.3, 0.4) is 0 Å². The maximum atomic E-state index is 12.5. The van der Waals surface area contributed by atoms with Gasteiger partial charge >= 0.3 is 0 Å². The van der Waals surface area contributed by atoms with Crippen molar-refractivity contribution < 1.29 is 9.21 Å². The van der Waals surface area contributed by atoms with Crippen LogP contribution in [0.5, 0.6) is 0 Å². The topological polar surface area (TPSA) is 97.9 Å². The van der Waals surface area contributed by atoms with Gasteiger partial charge in [-0.3, -0.25) is 4.79 Å². The SMILES string of the molecule is Cc1cc(C)n(-c2cc(NC(=O)CC3CCNC3)nc(-c3ccc(C)o3)n2)n1. The Kier molecular flexibility index (Phi) is 4.95. The van der Waals surface area contributed by atoms with E-state index in [0.717, 1.165) is 36.7 Å². The van der Waals surface area contributed by atoms with E-state index in [9.17, 15) is 4.79 Å². The van der Waals surface area contributed by atoms with Crippen LogP contribution in [0.25, 0.3) is 17.4 Å². The lowest BCUT2D eigenvalue weighted by molar-refractivity contribution is -0.117. The van der Waals surface area contributed by atoms with Gasteiger partial charge in [0.15, 0.2) is 17.4 Å². The molecule has 3 aromatic rings. The maximum Gasteiger partial charge on any atom is 0.225 e. The van der Waals surface area contributed by atoms with Crippen molar-refractivity contribution >= 4 is 11.7 Å². The molecule has 28 heavy (non-hydrogen) atoms. The van der Waals surface area contributed by atoms with Crippen LogP contribution < -0.4 is 10.6 Å². The first-order valence-corrected chi connectivity index (χ1v) is 9.48. The number of aromatic nitrogens is 4. The first-order valence-electron chi connectivity index (χ1n) is 9.48. The minimum Gasteiger partial charge on any atom is -0.458 e. The van der Waals surface area contributed by atoms with Crippen molar-refractivity contribution in [2.45, 2.75) is 33.6 Å². The lowest BCUT2D eigenvalue weighted by Gasteiger charge is -2.11. The van der Waals surface area contributed by atoms with E-state index >= 15 is 0 Å². The van der Waals surface area contributed by atoms with Gasteiger partial charge in [0.25, 0.3) is 0 Å². The summed E-state index contributed by atoms with van der Waals surface area (Å²) in [6.45, 7) is 7.61. The predicted octanol–water partition coefficient (Wildman–Crippen LogP) is 2.79. The Balaban J connectivity index is 1.67. The summed E-state index contributed by atoms with van der Waals surface area (Å²) in [7, 11) is 0. The molecule has 4 rings (SSSR count). The summed E-state index contributed by atoms with van der Waals surface area (Å²) in [6, 6.07) is 7.40. The molecule has 3 aromatic heterocycles. The standard InChI is InChI=1S/C20H24N6O2/c1-12-8-13(2)26(25-12)18-10-17(22-19(27)9-15-6-7-21-11-15)23-20(24-18)16-5-4-14(3)28-16/h4-5,8,10,15,21H,6-7,9,11H2,1-3H3,(H,22,23,24,27). The quantitative estimate of drug-likeness (QED) is 0.706. The molecule has 4 heterocycles. The second-order valence-corrected chi connectivity index (χ2v) is 7.30. The number of furan rings is 1. The number of amides is 1. The molecule has 8 heteroatoms. The molecule has 2 N–H and O–H groups in total. The van der Waals surface area contributed by atoms with E-state index in [2.05, 4.69) is 25.7 Å². The summed E-state index contributed by atoms with van der Waals surface area (Å²) in [5.74, 6) is 3.08. The van der Waals surface area contributed by atoms with Crippen molar-refractivity contribution in [1.82, 2.24) is 25.1 Å². The van der Waals surface area contributed by atoms with Gasteiger partial charge in [-0.2, -0.15) is 5.10 Å². The van der Waals surface area contributed by atoms with E-state index in [1.54, 1.807) is 10.7 Å². The zero-order valence-electron chi connectivity index (χ0n) is 16.3. The molecule has 1 saturated heterocycles. The van der Waals surface area contributed by atoms with Crippen molar-refractivity contribution in [2.24, 2.45) is 5.92 Å². The van der Waals surface area contributed by atoms with Crippen LogP contribution in [0.1, 0.15) is 30.0 Å². The first-order chi connectivity index (χ1) is 13.5. The van der Waals surface area contributed by atoms with Crippen molar-refractivity contribution in [2.75, 3.05) is 18.4 Å². The van der Waals surface area contributed by atoms with Gasteiger partial charge in [0.1, 0.15) is 11.6 Å². The van der Waals surface area contributed by atoms with Crippen LogP contribution >= 0.6 is 0 Å². The molecule has 1 atom stereocenters. The summed E-state index contributed by atoms with van der Waals surface area (Å²) in [5.41, 5.74) is 1.85. The minimum absolute atomic E-state index is 0.0479. The van der Waals surface area contributed by atoms with Gasteiger partial charge in [-0.05, 0) is 64.4 Å². The van der Waals surface area contributed by atoms with E-state index in [1.165, 1.54) is 0 Å². The van der Waals surface area contributed by atoms with Crippen LogP contribution in [-0.4, -0.2) is 38.7 Å². The number of carbonyl (C=O) groups excluding carboxylic acids is 1. The number of rotatable bonds is 5. The van der Waals surface area contributed by atoms with Crippen molar-refractivity contribution in [1.29, 1.82) is 0 Å². The van der Waals surface area contributed by atoms with Gasteiger partial charge in [-0.25, -0.2) is 14.6 Å². The summed E-state index contributed by atoms with van der Waals surface area (Å²) < 4.78 is 7.43. The van der Waals surface area contributed by atoms with E-state index in [0.29, 0.717) is 35.6 Å². The number of nitrogens with zero attached hydrogens (tertiary/aromatic N) is 4. The lowest BCUT2D eigenvalue weighted by atomic mass is 10.0. The zero-order chi connectivity index (χ0) is 19.7. The number of carbonyl (C=O) groups is 1. The second-order valence-electron chi connectivity index (χ2n) is 7.30. The molecule has 1 unspecified atom stereocenters. The van der Waals surface area contributed by atoms with Crippen molar-refractivity contribution in [3.05, 3.63) is 41.4 Å². The molecule has 0 spiro atoms. The van der Waals surface area contributed by atoms with Crippen LogP contribution in [-0.2, 0) is 4.79 Å². The largest absolute Gasteiger partial charge is 0.458 e. The molecule has 0 radical (unpaired) electrons. The van der Waals surface area contributed by atoms with E-state index in [-0.39, 0.29) is 5.91 Å². The Labute approximate surface area is 163 Å². The van der Waals surface area contributed by atoms with Gasteiger partial charge in [0.05, 0.1) is 5.69 Å².